The Labute approximate surface area is 141 Å². The molecule has 0 aliphatic heterocycles. The first-order chi connectivity index (χ1) is 10.9. The molecule has 0 bridgehead atoms. The average Bonchev–Trinajstić information content (AvgIpc) is 2.66. The molecule has 0 spiro atoms. The minimum atomic E-state index is -1.30. The SMILES string of the molecule is CC1(C)CCC(C)(C)C1OC(=O)[C@@H](CO)NC(=O)[C@@H](N)CC(=O)O. The number of amides is 1. The number of carboxylic acids is 1. The normalized spacial score (nSPS) is 21.8. The Kier molecular flexibility index (Phi) is 6.35. The molecular weight excluding hydrogens is 316 g/mol. The lowest BCUT2D eigenvalue weighted by Gasteiger charge is -2.35. The Morgan fingerprint density at radius 2 is 1.71 bits per heavy atom. The van der Waals surface area contributed by atoms with Gasteiger partial charge in [0.05, 0.1) is 19.1 Å². The summed E-state index contributed by atoms with van der Waals surface area (Å²) in [4.78, 5) is 34.7. The fraction of sp³-hybridized carbons (Fsp3) is 0.812. The molecule has 1 aliphatic rings. The number of aliphatic carboxylic acids is 1. The van der Waals surface area contributed by atoms with E-state index >= 15 is 0 Å². The fourth-order valence-electron chi connectivity index (χ4n) is 3.22. The summed E-state index contributed by atoms with van der Waals surface area (Å²) in [7, 11) is 0. The molecule has 1 fully saturated rings. The van der Waals surface area contributed by atoms with Crippen molar-refractivity contribution in [2.75, 3.05) is 6.61 Å². The van der Waals surface area contributed by atoms with Crippen LogP contribution in [0.25, 0.3) is 0 Å². The zero-order chi connectivity index (χ0) is 18.7. The van der Waals surface area contributed by atoms with E-state index < -0.39 is 43.0 Å². The van der Waals surface area contributed by atoms with E-state index in [1.54, 1.807) is 0 Å². The number of ether oxygens (including phenoxy) is 1. The molecule has 2 atom stereocenters. The molecule has 0 aromatic heterocycles. The largest absolute Gasteiger partial charge is 0.481 e. The molecule has 0 unspecified atom stereocenters. The third-order valence-corrected chi connectivity index (χ3v) is 4.58. The summed E-state index contributed by atoms with van der Waals surface area (Å²) in [5.41, 5.74) is 5.03. The van der Waals surface area contributed by atoms with Gasteiger partial charge in [0.15, 0.2) is 6.04 Å². The molecule has 1 rings (SSSR count). The zero-order valence-electron chi connectivity index (χ0n) is 14.7. The molecule has 0 aromatic carbocycles. The molecular formula is C16H28N2O6. The van der Waals surface area contributed by atoms with Crippen LogP contribution in [0.2, 0.25) is 0 Å². The second kappa shape index (κ2) is 7.48. The minimum absolute atomic E-state index is 0.205. The molecule has 138 valence electrons. The summed E-state index contributed by atoms with van der Waals surface area (Å²) >= 11 is 0. The highest BCUT2D eigenvalue weighted by atomic mass is 16.5. The summed E-state index contributed by atoms with van der Waals surface area (Å²) in [5, 5.41) is 20.3. The van der Waals surface area contributed by atoms with Gasteiger partial charge in [-0.05, 0) is 12.8 Å². The molecule has 24 heavy (non-hydrogen) atoms. The predicted molar refractivity (Wildman–Crippen MR) is 85.9 cm³/mol. The van der Waals surface area contributed by atoms with Crippen molar-refractivity contribution in [3.8, 4) is 0 Å². The molecule has 1 saturated carbocycles. The fourth-order valence-corrected chi connectivity index (χ4v) is 3.22. The van der Waals surface area contributed by atoms with Gasteiger partial charge in [0.1, 0.15) is 6.10 Å². The number of esters is 1. The van der Waals surface area contributed by atoms with Crippen molar-refractivity contribution in [1.29, 1.82) is 0 Å². The van der Waals surface area contributed by atoms with E-state index in [0.29, 0.717) is 0 Å². The standard InChI is InChI=1S/C16H28N2O6/c1-15(2)5-6-16(3,4)14(15)24-13(23)10(8-19)18-12(22)9(17)7-11(20)21/h9-10,14,19H,5-8,17H2,1-4H3,(H,18,22)(H,20,21)/t9-,10+/m0/s1. The van der Waals surface area contributed by atoms with Crippen LogP contribution in [0.4, 0.5) is 0 Å². The number of rotatable bonds is 7. The van der Waals surface area contributed by atoms with Crippen molar-refractivity contribution in [1.82, 2.24) is 5.32 Å². The number of nitrogens with two attached hydrogens (primary N) is 1. The second-order valence-corrected chi connectivity index (χ2v) is 7.74. The third-order valence-electron chi connectivity index (χ3n) is 4.58. The van der Waals surface area contributed by atoms with Crippen LogP contribution in [0.15, 0.2) is 0 Å². The first-order valence-corrected chi connectivity index (χ1v) is 8.00. The number of nitrogens with one attached hydrogen (secondary N) is 1. The molecule has 0 heterocycles. The van der Waals surface area contributed by atoms with Gasteiger partial charge in [0, 0.05) is 10.8 Å². The van der Waals surface area contributed by atoms with E-state index in [1.807, 2.05) is 27.7 Å². The minimum Gasteiger partial charge on any atom is -0.481 e. The van der Waals surface area contributed by atoms with Gasteiger partial charge in [-0.2, -0.15) is 0 Å². The smallest absolute Gasteiger partial charge is 0.331 e. The maximum atomic E-state index is 12.3. The summed E-state index contributed by atoms with van der Waals surface area (Å²) in [6.07, 6.45) is 0.882. The van der Waals surface area contributed by atoms with Crippen molar-refractivity contribution >= 4 is 17.8 Å². The van der Waals surface area contributed by atoms with E-state index in [9.17, 15) is 19.5 Å². The van der Waals surface area contributed by atoms with Crippen LogP contribution < -0.4 is 11.1 Å². The molecule has 0 aromatic rings. The Bertz CT molecular complexity index is 487. The van der Waals surface area contributed by atoms with Crippen molar-refractivity contribution in [3.63, 3.8) is 0 Å². The monoisotopic (exact) mass is 344 g/mol. The number of hydrogen-bond donors (Lipinski definition) is 4. The van der Waals surface area contributed by atoms with Gasteiger partial charge in [-0.3, -0.25) is 9.59 Å². The average molecular weight is 344 g/mol. The Morgan fingerprint density at radius 1 is 1.21 bits per heavy atom. The van der Waals surface area contributed by atoms with Crippen LogP contribution in [0.1, 0.15) is 47.0 Å². The van der Waals surface area contributed by atoms with E-state index in [0.717, 1.165) is 12.8 Å². The van der Waals surface area contributed by atoms with E-state index in [4.69, 9.17) is 15.6 Å². The van der Waals surface area contributed by atoms with Crippen LogP contribution in [-0.4, -0.2) is 52.9 Å². The Balaban J connectivity index is 2.73. The van der Waals surface area contributed by atoms with Crippen molar-refractivity contribution in [3.05, 3.63) is 0 Å². The maximum Gasteiger partial charge on any atom is 0.331 e. The lowest BCUT2D eigenvalue weighted by Crippen LogP contribution is -2.52. The van der Waals surface area contributed by atoms with Crippen molar-refractivity contribution < 1.29 is 29.3 Å². The number of carbonyl (C=O) groups is 3. The molecule has 8 nitrogen and oxygen atoms in total. The van der Waals surface area contributed by atoms with Crippen LogP contribution in [0.5, 0.6) is 0 Å². The molecule has 1 aliphatic carbocycles. The lowest BCUT2D eigenvalue weighted by molar-refractivity contribution is -0.164. The van der Waals surface area contributed by atoms with Crippen molar-refractivity contribution in [2.45, 2.75) is 65.1 Å². The van der Waals surface area contributed by atoms with Gasteiger partial charge in [0.25, 0.3) is 0 Å². The second-order valence-electron chi connectivity index (χ2n) is 7.74. The highest BCUT2D eigenvalue weighted by Gasteiger charge is 2.50. The Morgan fingerprint density at radius 3 is 2.12 bits per heavy atom. The quantitative estimate of drug-likeness (QED) is 0.478. The first-order valence-electron chi connectivity index (χ1n) is 8.00. The number of hydrogen-bond acceptors (Lipinski definition) is 6. The van der Waals surface area contributed by atoms with Gasteiger partial charge >= 0.3 is 11.9 Å². The first kappa shape index (κ1) is 20.4. The summed E-state index contributed by atoms with van der Waals surface area (Å²) in [6.45, 7) is 7.38. The molecule has 8 heteroatoms. The molecule has 0 saturated heterocycles. The summed E-state index contributed by atoms with van der Waals surface area (Å²) in [5.74, 6) is -2.80. The Hall–Kier alpha value is -1.67. The molecule has 0 radical (unpaired) electrons. The van der Waals surface area contributed by atoms with Crippen LogP contribution in [0.3, 0.4) is 0 Å². The van der Waals surface area contributed by atoms with Crippen LogP contribution >= 0.6 is 0 Å². The van der Waals surface area contributed by atoms with Gasteiger partial charge in [-0.1, -0.05) is 27.7 Å². The summed E-state index contributed by atoms with van der Waals surface area (Å²) < 4.78 is 5.59. The predicted octanol–water partition coefficient (Wildman–Crippen LogP) is 0.0235. The van der Waals surface area contributed by atoms with E-state index in [2.05, 4.69) is 5.32 Å². The van der Waals surface area contributed by atoms with Crippen LogP contribution in [-0.2, 0) is 19.1 Å². The number of carboxylic acid groups (broad SMARTS) is 1. The third kappa shape index (κ3) is 4.91. The topological polar surface area (TPSA) is 139 Å². The van der Waals surface area contributed by atoms with Crippen LogP contribution in [0, 0.1) is 10.8 Å². The van der Waals surface area contributed by atoms with Gasteiger partial charge in [0.2, 0.25) is 5.91 Å². The maximum absolute atomic E-state index is 12.3. The zero-order valence-corrected chi connectivity index (χ0v) is 14.7. The molecule has 5 N–H and O–H groups in total. The number of aliphatic hydroxyl groups excluding tert-OH is 1. The highest BCUT2D eigenvalue weighted by Crippen LogP contribution is 2.50. The lowest BCUT2D eigenvalue weighted by atomic mass is 9.81. The van der Waals surface area contributed by atoms with E-state index in [-0.39, 0.29) is 16.9 Å². The van der Waals surface area contributed by atoms with E-state index in [1.165, 1.54) is 0 Å². The van der Waals surface area contributed by atoms with Crippen molar-refractivity contribution in [2.24, 2.45) is 16.6 Å². The molecule has 1 amide bonds. The number of aliphatic hydroxyl groups is 1. The highest BCUT2D eigenvalue weighted by molar-refractivity contribution is 5.89. The van der Waals surface area contributed by atoms with Gasteiger partial charge in [-0.25, -0.2) is 4.79 Å². The number of carbonyl (C=O) groups excluding carboxylic acids is 2. The van der Waals surface area contributed by atoms with Gasteiger partial charge < -0.3 is 26.0 Å². The summed E-state index contributed by atoms with van der Waals surface area (Å²) in [6, 6.07) is -2.58. The van der Waals surface area contributed by atoms with Gasteiger partial charge in [-0.15, -0.1) is 0 Å².